The van der Waals surface area contributed by atoms with Gasteiger partial charge in [-0.3, -0.25) is 0 Å². The maximum absolute atomic E-state index is 14.7. The Morgan fingerprint density at radius 2 is 2.00 bits per heavy atom. The number of aromatic nitrogens is 3. The monoisotopic (exact) mass is 366 g/mol. The SMILES string of the molecule is CN(CC1CCN(c2ncccc2C#N)CC1)c1ncnc(C2CC2)c1F. The smallest absolute Gasteiger partial charge is 0.187 e. The Labute approximate surface area is 158 Å². The Morgan fingerprint density at radius 1 is 1.22 bits per heavy atom. The van der Waals surface area contributed by atoms with Crippen molar-refractivity contribution in [3.8, 4) is 6.07 Å². The summed E-state index contributed by atoms with van der Waals surface area (Å²) in [4.78, 5) is 16.8. The van der Waals surface area contributed by atoms with E-state index < -0.39 is 0 Å². The lowest BCUT2D eigenvalue weighted by Crippen LogP contribution is -2.39. The Balaban J connectivity index is 1.38. The number of nitrogens with zero attached hydrogens (tertiary/aromatic N) is 6. The van der Waals surface area contributed by atoms with Crippen LogP contribution in [0.2, 0.25) is 0 Å². The van der Waals surface area contributed by atoms with Gasteiger partial charge in [0.1, 0.15) is 18.2 Å². The summed E-state index contributed by atoms with van der Waals surface area (Å²) >= 11 is 0. The van der Waals surface area contributed by atoms with Crippen LogP contribution >= 0.6 is 0 Å². The number of piperidine rings is 1. The van der Waals surface area contributed by atoms with Crippen molar-refractivity contribution in [2.75, 3.05) is 36.5 Å². The van der Waals surface area contributed by atoms with Gasteiger partial charge in [-0.05, 0) is 43.7 Å². The molecule has 7 heteroatoms. The second-order valence-corrected chi connectivity index (χ2v) is 7.47. The summed E-state index contributed by atoms with van der Waals surface area (Å²) < 4.78 is 14.7. The molecule has 0 aromatic carbocycles. The fraction of sp³-hybridized carbons (Fsp3) is 0.500. The maximum atomic E-state index is 14.7. The van der Waals surface area contributed by atoms with Crippen LogP contribution in [0.15, 0.2) is 24.7 Å². The fourth-order valence-electron chi connectivity index (χ4n) is 3.82. The first-order valence-electron chi connectivity index (χ1n) is 9.49. The van der Waals surface area contributed by atoms with Crippen molar-refractivity contribution in [2.45, 2.75) is 31.6 Å². The lowest BCUT2D eigenvalue weighted by atomic mass is 9.96. The van der Waals surface area contributed by atoms with Crippen molar-refractivity contribution in [1.29, 1.82) is 5.26 Å². The third kappa shape index (κ3) is 3.70. The van der Waals surface area contributed by atoms with Crippen LogP contribution in [0.1, 0.15) is 42.9 Å². The van der Waals surface area contributed by atoms with Gasteiger partial charge in [-0.15, -0.1) is 0 Å². The van der Waals surface area contributed by atoms with Gasteiger partial charge in [0.2, 0.25) is 0 Å². The van der Waals surface area contributed by atoms with E-state index in [1.54, 1.807) is 18.3 Å². The minimum atomic E-state index is -0.257. The molecule has 2 aliphatic rings. The molecule has 6 nitrogen and oxygen atoms in total. The molecule has 4 rings (SSSR count). The first-order valence-corrected chi connectivity index (χ1v) is 9.49. The van der Waals surface area contributed by atoms with Crippen LogP contribution in [-0.4, -0.2) is 41.6 Å². The van der Waals surface area contributed by atoms with Crippen LogP contribution in [0.25, 0.3) is 0 Å². The molecule has 0 spiro atoms. The lowest BCUT2D eigenvalue weighted by Gasteiger charge is -2.35. The van der Waals surface area contributed by atoms with Gasteiger partial charge in [0, 0.05) is 38.8 Å². The third-order valence-electron chi connectivity index (χ3n) is 5.48. The van der Waals surface area contributed by atoms with E-state index >= 15 is 0 Å². The van der Waals surface area contributed by atoms with E-state index in [1.807, 2.05) is 11.9 Å². The summed E-state index contributed by atoms with van der Waals surface area (Å²) in [5, 5.41) is 9.27. The molecule has 2 aromatic rings. The van der Waals surface area contributed by atoms with Crippen molar-refractivity contribution < 1.29 is 4.39 Å². The van der Waals surface area contributed by atoms with Crippen molar-refractivity contribution in [2.24, 2.45) is 5.92 Å². The number of halogens is 1. The van der Waals surface area contributed by atoms with E-state index in [0.29, 0.717) is 23.0 Å². The standard InChI is InChI=1S/C20H23FN6/c1-26(20-17(21)18(15-4-5-15)24-13-25-20)12-14-6-9-27(10-7-14)19-16(11-22)3-2-8-23-19/h2-3,8,13-15H,4-7,9-10,12H2,1H3. The molecule has 1 aliphatic heterocycles. The molecule has 0 amide bonds. The Bertz CT molecular complexity index is 852. The van der Waals surface area contributed by atoms with Crippen molar-refractivity contribution in [1.82, 2.24) is 15.0 Å². The highest BCUT2D eigenvalue weighted by molar-refractivity contribution is 5.53. The summed E-state index contributed by atoms with van der Waals surface area (Å²) in [6, 6.07) is 5.81. The Hall–Kier alpha value is -2.75. The summed E-state index contributed by atoms with van der Waals surface area (Å²) in [7, 11) is 1.90. The molecule has 1 saturated carbocycles. The minimum absolute atomic E-state index is 0.257. The van der Waals surface area contributed by atoms with E-state index in [1.165, 1.54) is 6.33 Å². The van der Waals surface area contributed by atoms with Gasteiger partial charge in [0.05, 0.1) is 11.3 Å². The van der Waals surface area contributed by atoms with E-state index in [0.717, 1.165) is 51.1 Å². The molecule has 3 heterocycles. The average Bonchev–Trinajstić information content (AvgIpc) is 3.54. The van der Waals surface area contributed by atoms with Crippen molar-refractivity contribution in [3.05, 3.63) is 41.7 Å². The summed E-state index contributed by atoms with van der Waals surface area (Å²) in [6.45, 7) is 2.47. The molecule has 2 fully saturated rings. The zero-order valence-electron chi connectivity index (χ0n) is 15.5. The topological polar surface area (TPSA) is 68.9 Å². The van der Waals surface area contributed by atoms with E-state index in [9.17, 15) is 9.65 Å². The third-order valence-corrected chi connectivity index (χ3v) is 5.48. The zero-order chi connectivity index (χ0) is 18.8. The molecule has 1 saturated heterocycles. The number of hydrogen-bond donors (Lipinski definition) is 0. The summed E-state index contributed by atoms with van der Waals surface area (Å²) in [5.74, 6) is 1.65. The van der Waals surface area contributed by atoms with Gasteiger partial charge in [-0.25, -0.2) is 19.3 Å². The molecule has 1 aliphatic carbocycles. The van der Waals surface area contributed by atoms with Crippen LogP contribution < -0.4 is 9.80 Å². The number of pyridine rings is 1. The summed E-state index contributed by atoms with van der Waals surface area (Å²) in [5.41, 5.74) is 1.18. The zero-order valence-corrected chi connectivity index (χ0v) is 15.5. The predicted molar refractivity (Wildman–Crippen MR) is 101 cm³/mol. The maximum Gasteiger partial charge on any atom is 0.187 e. The molecule has 2 aromatic heterocycles. The molecule has 0 N–H and O–H groups in total. The average molecular weight is 366 g/mol. The molecule has 140 valence electrons. The van der Waals surface area contributed by atoms with Crippen LogP contribution in [0.5, 0.6) is 0 Å². The number of nitriles is 1. The highest BCUT2D eigenvalue weighted by Crippen LogP contribution is 2.41. The first-order chi connectivity index (χ1) is 13.2. The highest BCUT2D eigenvalue weighted by atomic mass is 19.1. The minimum Gasteiger partial charge on any atom is -0.357 e. The van der Waals surface area contributed by atoms with Crippen LogP contribution in [-0.2, 0) is 0 Å². The Kier molecular flexibility index (Phi) is 4.88. The van der Waals surface area contributed by atoms with E-state index in [2.05, 4.69) is 25.9 Å². The van der Waals surface area contributed by atoms with Crippen LogP contribution in [0.3, 0.4) is 0 Å². The predicted octanol–water partition coefficient (Wildman–Crippen LogP) is 3.11. The van der Waals surface area contributed by atoms with Gasteiger partial charge in [-0.1, -0.05) is 0 Å². The van der Waals surface area contributed by atoms with Gasteiger partial charge >= 0.3 is 0 Å². The first kappa shape index (κ1) is 17.7. The van der Waals surface area contributed by atoms with Gasteiger partial charge in [0.15, 0.2) is 11.6 Å². The van der Waals surface area contributed by atoms with Gasteiger partial charge in [-0.2, -0.15) is 5.26 Å². The van der Waals surface area contributed by atoms with Gasteiger partial charge < -0.3 is 9.80 Å². The normalized spacial score (nSPS) is 17.6. The van der Waals surface area contributed by atoms with Crippen LogP contribution in [0.4, 0.5) is 16.0 Å². The van der Waals surface area contributed by atoms with Crippen LogP contribution in [0, 0.1) is 23.1 Å². The second-order valence-electron chi connectivity index (χ2n) is 7.47. The molecule has 0 bridgehead atoms. The molecular weight excluding hydrogens is 343 g/mol. The van der Waals surface area contributed by atoms with Gasteiger partial charge in [0.25, 0.3) is 0 Å². The fourth-order valence-corrected chi connectivity index (χ4v) is 3.82. The highest BCUT2D eigenvalue weighted by Gasteiger charge is 2.31. The number of hydrogen-bond acceptors (Lipinski definition) is 6. The molecule has 27 heavy (non-hydrogen) atoms. The number of anilines is 2. The molecule has 0 radical (unpaired) electrons. The largest absolute Gasteiger partial charge is 0.357 e. The van der Waals surface area contributed by atoms with Crippen molar-refractivity contribution >= 4 is 11.6 Å². The molecular formula is C20H23FN6. The number of rotatable bonds is 5. The van der Waals surface area contributed by atoms with E-state index in [4.69, 9.17) is 0 Å². The molecule has 0 unspecified atom stereocenters. The van der Waals surface area contributed by atoms with E-state index in [-0.39, 0.29) is 11.7 Å². The summed E-state index contributed by atoms with van der Waals surface area (Å²) in [6.07, 6.45) is 7.21. The lowest BCUT2D eigenvalue weighted by molar-refractivity contribution is 0.405. The quantitative estimate of drug-likeness (QED) is 0.810. The van der Waals surface area contributed by atoms with Crippen molar-refractivity contribution in [3.63, 3.8) is 0 Å². The molecule has 0 atom stereocenters. The Morgan fingerprint density at radius 3 is 2.70 bits per heavy atom. The second kappa shape index (κ2) is 7.47.